The largest absolute Gasteiger partial charge is 0.497 e. The third-order valence-electron chi connectivity index (χ3n) is 2.96. The molecule has 1 aromatic carbocycles. The fourth-order valence-corrected chi connectivity index (χ4v) is 1.84. The highest BCUT2D eigenvalue weighted by Gasteiger charge is 2.26. The van der Waals surface area contributed by atoms with Crippen LogP contribution in [-0.2, 0) is 0 Å². The molecule has 0 saturated heterocycles. The number of aromatic nitrogens is 2. The summed E-state index contributed by atoms with van der Waals surface area (Å²) in [5, 5.41) is 0. The van der Waals surface area contributed by atoms with Gasteiger partial charge in [0.25, 0.3) is 5.56 Å². The van der Waals surface area contributed by atoms with E-state index in [9.17, 15) is 4.79 Å². The Hall–Kier alpha value is -2.30. The molecule has 0 atom stereocenters. The summed E-state index contributed by atoms with van der Waals surface area (Å²) in [7, 11) is 1.59. The van der Waals surface area contributed by atoms with Crippen molar-refractivity contribution in [2.75, 3.05) is 7.11 Å². The van der Waals surface area contributed by atoms with E-state index in [0.717, 1.165) is 12.8 Å². The number of nitrogens with zero attached hydrogens (tertiary/aromatic N) is 1. The van der Waals surface area contributed by atoms with Crippen molar-refractivity contribution in [2.24, 2.45) is 0 Å². The normalized spacial score (nSPS) is 14.2. The Morgan fingerprint density at radius 1 is 1.26 bits per heavy atom. The Morgan fingerprint density at radius 2 is 2.05 bits per heavy atom. The molecule has 0 spiro atoms. The number of hydrogen-bond donors (Lipinski definition) is 1. The maximum absolute atomic E-state index is 11.6. The van der Waals surface area contributed by atoms with Crippen molar-refractivity contribution in [3.63, 3.8) is 0 Å². The molecule has 0 aliphatic heterocycles. The number of benzene rings is 1. The van der Waals surface area contributed by atoms with Gasteiger partial charge in [0.1, 0.15) is 17.3 Å². The van der Waals surface area contributed by atoms with Crippen LogP contribution in [-0.4, -0.2) is 17.1 Å². The zero-order valence-electron chi connectivity index (χ0n) is 10.6. The molecule has 1 heterocycles. The summed E-state index contributed by atoms with van der Waals surface area (Å²) in [5.41, 5.74) is -0.185. The SMILES string of the molecule is COc1cccc(Oc2cc(=O)[nH]c(C3CC3)n2)c1. The second kappa shape index (κ2) is 4.76. The van der Waals surface area contributed by atoms with E-state index in [-0.39, 0.29) is 5.56 Å². The topological polar surface area (TPSA) is 64.2 Å². The van der Waals surface area contributed by atoms with Gasteiger partial charge in [0.2, 0.25) is 5.88 Å². The smallest absolute Gasteiger partial charge is 0.254 e. The lowest BCUT2D eigenvalue weighted by Gasteiger charge is -2.07. The van der Waals surface area contributed by atoms with Crippen molar-refractivity contribution in [3.05, 3.63) is 46.5 Å². The first-order chi connectivity index (χ1) is 9.24. The van der Waals surface area contributed by atoms with Crippen LogP contribution in [0.4, 0.5) is 0 Å². The summed E-state index contributed by atoms with van der Waals surface area (Å²) in [6, 6.07) is 8.55. The standard InChI is InChI=1S/C14H14N2O3/c1-18-10-3-2-4-11(7-10)19-13-8-12(17)15-14(16-13)9-5-6-9/h2-4,7-9H,5-6H2,1H3,(H,15,16,17). The molecule has 5 nitrogen and oxygen atoms in total. The van der Waals surface area contributed by atoms with Crippen LogP contribution in [0.2, 0.25) is 0 Å². The minimum atomic E-state index is -0.185. The average molecular weight is 258 g/mol. The van der Waals surface area contributed by atoms with Crippen molar-refractivity contribution in [1.29, 1.82) is 0 Å². The Balaban J connectivity index is 1.87. The van der Waals surface area contributed by atoms with E-state index in [4.69, 9.17) is 9.47 Å². The summed E-state index contributed by atoms with van der Waals surface area (Å²) in [5.74, 6) is 2.70. The number of methoxy groups -OCH3 is 1. The molecule has 0 radical (unpaired) electrons. The highest BCUT2D eigenvalue weighted by atomic mass is 16.5. The molecule has 5 heteroatoms. The summed E-state index contributed by atoms with van der Waals surface area (Å²) in [6.07, 6.45) is 2.15. The van der Waals surface area contributed by atoms with Gasteiger partial charge in [-0.15, -0.1) is 0 Å². The Kier molecular flexibility index (Phi) is 2.95. The lowest BCUT2D eigenvalue weighted by atomic mass is 10.3. The van der Waals surface area contributed by atoms with Gasteiger partial charge >= 0.3 is 0 Å². The maximum atomic E-state index is 11.6. The number of rotatable bonds is 4. The number of aromatic amines is 1. The van der Waals surface area contributed by atoms with Gasteiger partial charge in [-0.1, -0.05) is 6.07 Å². The Bertz CT molecular complexity index is 647. The molecule has 2 aromatic rings. The molecule has 0 amide bonds. The number of nitrogens with one attached hydrogen (secondary N) is 1. The van der Waals surface area contributed by atoms with E-state index in [1.165, 1.54) is 6.07 Å². The first-order valence-corrected chi connectivity index (χ1v) is 6.18. The van der Waals surface area contributed by atoms with Crippen LogP contribution < -0.4 is 15.0 Å². The van der Waals surface area contributed by atoms with E-state index in [0.29, 0.717) is 29.1 Å². The number of ether oxygens (including phenoxy) is 2. The first-order valence-electron chi connectivity index (χ1n) is 6.18. The highest BCUT2D eigenvalue weighted by molar-refractivity contribution is 5.35. The average Bonchev–Trinajstić information content (AvgIpc) is 3.22. The summed E-state index contributed by atoms with van der Waals surface area (Å²) >= 11 is 0. The molecular weight excluding hydrogens is 244 g/mol. The lowest BCUT2D eigenvalue weighted by molar-refractivity contribution is 0.407. The van der Waals surface area contributed by atoms with Crippen molar-refractivity contribution in [3.8, 4) is 17.4 Å². The zero-order valence-corrected chi connectivity index (χ0v) is 10.6. The Morgan fingerprint density at radius 3 is 2.79 bits per heavy atom. The number of hydrogen-bond acceptors (Lipinski definition) is 4. The van der Waals surface area contributed by atoms with Crippen LogP contribution >= 0.6 is 0 Å². The van der Waals surface area contributed by atoms with Crippen LogP contribution in [0.5, 0.6) is 17.4 Å². The fourth-order valence-electron chi connectivity index (χ4n) is 1.84. The molecule has 1 N–H and O–H groups in total. The minimum Gasteiger partial charge on any atom is -0.497 e. The number of H-pyrrole nitrogens is 1. The van der Waals surface area contributed by atoms with Gasteiger partial charge < -0.3 is 14.5 Å². The predicted octanol–water partition coefficient (Wildman–Crippen LogP) is 2.45. The Labute approximate surface area is 110 Å². The van der Waals surface area contributed by atoms with E-state index in [1.54, 1.807) is 19.2 Å². The van der Waals surface area contributed by atoms with Crippen LogP contribution in [0.3, 0.4) is 0 Å². The third kappa shape index (κ3) is 2.76. The molecule has 1 aliphatic rings. The van der Waals surface area contributed by atoms with Crippen LogP contribution in [0.25, 0.3) is 0 Å². The molecule has 0 unspecified atom stereocenters. The van der Waals surface area contributed by atoms with Gasteiger partial charge in [-0.05, 0) is 25.0 Å². The minimum absolute atomic E-state index is 0.185. The second-order valence-electron chi connectivity index (χ2n) is 4.52. The zero-order chi connectivity index (χ0) is 13.2. The highest BCUT2D eigenvalue weighted by Crippen LogP contribution is 2.38. The molecule has 3 rings (SSSR count). The molecule has 1 aromatic heterocycles. The summed E-state index contributed by atoms with van der Waals surface area (Å²) in [6.45, 7) is 0. The molecule has 1 saturated carbocycles. The van der Waals surface area contributed by atoms with Crippen molar-refractivity contribution >= 4 is 0 Å². The molecular formula is C14H14N2O3. The summed E-state index contributed by atoms with van der Waals surface area (Å²) < 4.78 is 10.7. The maximum Gasteiger partial charge on any atom is 0.254 e. The molecule has 1 fully saturated rings. The fraction of sp³-hybridized carbons (Fsp3) is 0.286. The van der Waals surface area contributed by atoms with Gasteiger partial charge in [-0.25, -0.2) is 0 Å². The van der Waals surface area contributed by atoms with E-state index in [1.807, 2.05) is 12.1 Å². The molecule has 19 heavy (non-hydrogen) atoms. The monoisotopic (exact) mass is 258 g/mol. The molecule has 0 bridgehead atoms. The van der Waals surface area contributed by atoms with Gasteiger partial charge in [-0.3, -0.25) is 4.79 Å². The second-order valence-corrected chi connectivity index (χ2v) is 4.52. The van der Waals surface area contributed by atoms with E-state index in [2.05, 4.69) is 9.97 Å². The molecule has 98 valence electrons. The predicted molar refractivity (Wildman–Crippen MR) is 69.9 cm³/mol. The molecule has 1 aliphatic carbocycles. The van der Waals surface area contributed by atoms with Crippen LogP contribution in [0.1, 0.15) is 24.6 Å². The third-order valence-corrected chi connectivity index (χ3v) is 2.96. The van der Waals surface area contributed by atoms with E-state index >= 15 is 0 Å². The first kappa shape index (κ1) is 11.8. The van der Waals surface area contributed by atoms with Crippen molar-refractivity contribution in [2.45, 2.75) is 18.8 Å². The van der Waals surface area contributed by atoms with Gasteiger partial charge in [-0.2, -0.15) is 4.98 Å². The van der Waals surface area contributed by atoms with Gasteiger partial charge in [0, 0.05) is 12.0 Å². The van der Waals surface area contributed by atoms with Crippen LogP contribution in [0, 0.1) is 0 Å². The van der Waals surface area contributed by atoms with E-state index < -0.39 is 0 Å². The van der Waals surface area contributed by atoms with Crippen molar-refractivity contribution in [1.82, 2.24) is 9.97 Å². The van der Waals surface area contributed by atoms with Gasteiger partial charge in [0.15, 0.2) is 0 Å². The quantitative estimate of drug-likeness (QED) is 0.914. The summed E-state index contributed by atoms with van der Waals surface area (Å²) in [4.78, 5) is 18.6. The van der Waals surface area contributed by atoms with Crippen molar-refractivity contribution < 1.29 is 9.47 Å². The lowest BCUT2D eigenvalue weighted by Crippen LogP contribution is -2.10. The van der Waals surface area contributed by atoms with Gasteiger partial charge in [0.05, 0.1) is 13.2 Å². The van der Waals surface area contributed by atoms with Crippen LogP contribution in [0.15, 0.2) is 35.1 Å².